The number of anilines is 1. The van der Waals surface area contributed by atoms with Crippen molar-refractivity contribution < 1.29 is 21.9 Å². The summed E-state index contributed by atoms with van der Waals surface area (Å²) in [5.74, 6) is 0.0704. The maximum absolute atomic E-state index is 12.4. The van der Waals surface area contributed by atoms with Crippen LogP contribution in [0.5, 0.6) is 5.75 Å². The van der Waals surface area contributed by atoms with Crippen LogP contribution in [0.2, 0.25) is 0 Å². The molecule has 0 spiro atoms. The van der Waals surface area contributed by atoms with Crippen LogP contribution < -0.4 is 9.46 Å². The first-order valence-corrected chi connectivity index (χ1v) is 8.37. The molecule has 0 heterocycles. The van der Waals surface area contributed by atoms with E-state index in [1.165, 1.54) is 24.3 Å². The number of hydrogen-bond donors (Lipinski definition) is 1. The fourth-order valence-electron chi connectivity index (χ4n) is 1.91. The van der Waals surface area contributed by atoms with Gasteiger partial charge in [-0.25, -0.2) is 17.2 Å². The van der Waals surface area contributed by atoms with Gasteiger partial charge in [0, 0.05) is 0 Å². The fourth-order valence-corrected chi connectivity index (χ4v) is 2.98. The number of hydrogen-bond acceptors (Lipinski definition) is 3. The zero-order valence-corrected chi connectivity index (χ0v) is 13.5. The molecule has 0 unspecified atom stereocenters. The summed E-state index contributed by atoms with van der Waals surface area (Å²) in [6.45, 7) is 2.80. The second-order valence-corrected chi connectivity index (χ2v) is 6.80. The van der Waals surface area contributed by atoms with Crippen molar-refractivity contribution in [3.63, 3.8) is 0 Å². The van der Waals surface area contributed by atoms with Gasteiger partial charge < -0.3 is 4.74 Å². The molecule has 0 radical (unpaired) electrons. The van der Waals surface area contributed by atoms with Crippen molar-refractivity contribution in [3.05, 3.63) is 53.6 Å². The lowest BCUT2D eigenvalue weighted by Gasteiger charge is -2.14. The molecule has 4 nitrogen and oxygen atoms in total. The van der Waals surface area contributed by atoms with E-state index in [-0.39, 0.29) is 16.3 Å². The number of rotatable bonds is 6. The summed E-state index contributed by atoms with van der Waals surface area (Å²) in [5.41, 5.74) is 1.82. The van der Waals surface area contributed by atoms with Gasteiger partial charge in [-0.05, 0) is 43.7 Å². The van der Waals surface area contributed by atoms with Crippen LogP contribution in [0.25, 0.3) is 0 Å². The highest BCUT2D eigenvalue weighted by molar-refractivity contribution is 7.92. The number of sulfonamides is 1. The average Bonchev–Trinajstić information content (AvgIpc) is 2.47. The Kier molecular flexibility index (Phi) is 5.20. The minimum absolute atomic E-state index is 0.0704. The van der Waals surface area contributed by atoms with Crippen molar-refractivity contribution in [2.45, 2.75) is 25.2 Å². The summed E-state index contributed by atoms with van der Waals surface area (Å²) >= 11 is 0. The van der Waals surface area contributed by atoms with Crippen molar-refractivity contribution >= 4 is 15.7 Å². The highest BCUT2D eigenvalue weighted by Gasteiger charge is 2.17. The lowest BCUT2D eigenvalue weighted by molar-refractivity contribution is 0.0822. The molecule has 1 N–H and O–H groups in total. The molecule has 0 aliphatic carbocycles. The predicted molar refractivity (Wildman–Crippen MR) is 84.7 cm³/mol. The molecule has 0 saturated heterocycles. The van der Waals surface area contributed by atoms with E-state index in [9.17, 15) is 17.2 Å². The summed E-state index contributed by atoms with van der Waals surface area (Å²) in [6, 6.07) is 11.0. The molecule has 0 aliphatic rings. The molecule has 0 fully saturated rings. The predicted octanol–water partition coefficient (Wildman–Crippen LogP) is 3.75. The third-order valence-electron chi connectivity index (χ3n) is 3.08. The molecule has 2 aromatic rings. The Balaban J connectivity index is 2.29. The third kappa shape index (κ3) is 4.66. The first-order valence-electron chi connectivity index (χ1n) is 6.89. The van der Waals surface area contributed by atoms with Crippen LogP contribution in [0, 0.1) is 13.8 Å². The van der Waals surface area contributed by atoms with Crippen molar-refractivity contribution in [3.8, 4) is 5.75 Å². The number of alkyl halides is 2. The van der Waals surface area contributed by atoms with E-state index in [0.29, 0.717) is 0 Å². The van der Waals surface area contributed by atoms with E-state index in [1.807, 2.05) is 6.92 Å². The molecule has 0 aromatic heterocycles. The minimum Gasteiger partial charge on any atom is -0.485 e. The summed E-state index contributed by atoms with van der Waals surface area (Å²) in [5, 5.41) is 0. The van der Waals surface area contributed by atoms with E-state index < -0.39 is 23.1 Å². The van der Waals surface area contributed by atoms with Gasteiger partial charge in [0.25, 0.3) is 16.4 Å². The van der Waals surface area contributed by atoms with Gasteiger partial charge >= 0.3 is 0 Å². The average molecular weight is 341 g/mol. The summed E-state index contributed by atoms with van der Waals surface area (Å²) in [6.07, 6.45) is -2.64. The van der Waals surface area contributed by atoms with Gasteiger partial charge in [-0.1, -0.05) is 23.8 Å². The Bertz CT molecular complexity index is 774. The van der Waals surface area contributed by atoms with E-state index in [2.05, 4.69) is 4.72 Å². The van der Waals surface area contributed by atoms with E-state index >= 15 is 0 Å². The zero-order valence-electron chi connectivity index (χ0n) is 12.7. The van der Waals surface area contributed by atoms with Crippen molar-refractivity contribution in [2.75, 3.05) is 11.3 Å². The van der Waals surface area contributed by atoms with Gasteiger partial charge in [-0.15, -0.1) is 0 Å². The van der Waals surface area contributed by atoms with E-state index in [1.54, 1.807) is 25.1 Å². The number of benzene rings is 2. The second kappa shape index (κ2) is 6.95. The van der Waals surface area contributed by atoms with Crippen LogP contribution in [0.4, 0.5) is 14.5 Å². The van der Waals surface area contributed by atoms with Crippen LogP contribution in [0.3, 0.4) is 0 Å². The molecular weight excluding hydrogens is 324 g/mol. The molecule has 2 aromatic carbocycles. The Labute approximate surface area is 134 Å². The standard InChI is InChI=1S/C16H17F2NO3S/c1-11-3-6-13(7-4-11)23(20,21)19-14-8-5-12(2)9-15(14)22-10-16(17)18/h3-9,16,19H,10H2,1-2H3. The van der Waals surface area contributed by atoms with Crippen molar-refractivity contribution in [1.82, 2.24) is 0 Å². The fraction of sp³-hybridized carbons (Fsp3) is 0.250. The Hall–Kier alpha value is -2.15. The zero-order chi connectivity index (χ0) is 17.0. The molecule has 23 heavy (non-hydrogen) atoms. The quantitative estimate of drug-likeness (QED) is 0.871. The molecule has 0 aliphatic heterocycles. The van der Waals surface area contributed by atoms with Crippen LogP contribution in [-0.2, 0) is 10.0 Å². The lowest BCUT2D eigenvalue weighted by Crippen LogP contribution is -2.15. The number of ether oxygens (including phenoxy) is 1. The van der Waals surface area contributed by atoms with Gasteiger partial charge in [-0.2, -0.15) is 0 Å². The van der Waals surface area contributed by atoms with Crippen LogP contribution in [0.1, 0.15) is 11.1 Å². The molecule has 7 heteroatoms. The Morgan fingerprint density at radius 1 is 1.04 bits per heavy atom. The molecule has 2 rings (SSSR count). The van der Waals surface area contributed by atoms with Gasteiger partial charge in [0.15, 0.2) is 0 Å². The van der Waals surface area contributed by atoms with Crippen LogP contribution >= 0.6 is 0 Å². The molecule has 0 saturated carbocycles. The van der Waals surface area contributed by atoms with Crippen LogP contribution in [0.15, 0.2) is 47.4 Å². The molecule has 124 valence electrons. The maximum atomic E-state index is 12.4. The monoisotopic (exact) mass is 341 g/mol. The normalized spacial score (nSPS) is 11.5. The largest absolute Gasteiger partial charge is 0.485 e. The van der Waals surface area contributed by atoms with Gasteiger partial charge in [-0.3, -0.25) is 4.72 Å². The number of halogens is 2. The highest BCUT2D eigenvalue weighted by Crippen LogP contribution is 2.28. The summed E-state index contributed by atoms with van der Waals surface area (Å²) in [4.78, 5) is 0.0866. The smallest absolute Gasteiger partial charge is 0.272 e. The van der Waals surface area contributed by atoms with Crippen molar-refractivity contribution in [2.24, 2.45) is 0 Å². The number of nitrogens with one attached hydrogen (secondary N) is 1. The lowest BCUT2D eigenvalue weighted by atomic mass is 10.2. The van der Waals surface area contributed by atoms with Gasteiger partial charge in [0.2, 0.25) is 0 Å². The van der Waals surface area contributed by atoms with E-state index in [0.717, 1.165) is 11.1 Å². The second-order valence-electron chi connectivity index (χ2n) is 5.12. The van der Waals surface area contributed by atoms with Gasteiger partial charge in [0.05, 0.1) is 10.6 Å². The SMILES string of the molecule is Cc1ccc(S(=O)(=O)Nc2ccc(C)cc2OCC(F)F)cc1. The minimum atomic E-state index is -3.82. The molecule has 0 atom stereocenters. The van der Waals surface area contributed by atoms with Crippen molar-refractivity contribution in [1.29, 1.82) is 0 Å². The molecule has 0 amide bonds. The van der Waals surface area contributed by atoms with Gasteiger partial charge in [0.1, 0.15) is 12.4 Å². The first-order chi connectivity index (χ1) is 10.8. The summed E-state index contributed by atoms with van der Waals surface area (Å²) < 4.78 is 56.8. The number of aryl methyl sites for hydroxylation is 2. The maximum Gasteiger partial charge on any atom is 0.272 e. The third-order valence-corrected chi connectivity index (χ3v) is 4.46. The molecule has 0 bridgehead atoms. The highest BCUT2D eigenvalue weighted by atomic mass is 32.2. The Morgan fingerprint density at radius 3 is 2.26 bits per heavy atom. The first kappa shape index (κ1) is 17.2. The topological polar surface area (TPSA) is 55.4 Å². The van der Waals surface area contributed by atoms with Crippen LogP contribution in [-0.4, -0.2) is 21.5 Å². The molecular formula is C16H17F2NO3S. The Morgan fingerprint density at radius 2 is 1.65 bits per heavy atom. The van der Waals surface area contributed by atoms with E-state index in [4.69, 9.17) is 4.74 Å². The summed E-state index contributed by atoms with van der Waals surface area (Å²) in [7, 11) is -3.82.